The largest absolute Gasteiger partial charge is 0.483 e. The molecule has 0 saturated heterocycles. The molecule has 0 aliphatic rings. The molecule has 0 spiro atoms. The Kier molecular flexibility index (Phi) is 6.24. The Morgan fingerprint density at radius 1 is 0.893 bits per heavy atom. The molecule has 0 fully saturated rings. The van der Waals surface area contributed by atoms with Crippen molar-refractivity contribution in [3.05, 3.63) is 89.2 Å². The number of carbonyl (C=O) groups excluding carboxylic acids is 2. The monoisotopic (exact) mass is 398 g/mol. The minimum atomic E-state index is -0.544. The minimum Gasteiger partial charge on any atom is -0.483 e. The summed E-state index contributed by atoms with van der Waals surface area (Å²) in [4.78, 5) is 24.6. The first kappa shape index (κ1) is 19.4. The molecule has 0 aliphatic carbocycles. The number of hydrogen-bond acceptors (Lipinski definition) is 3. The first-order valence-electron chi connectivity index (χ1n) is 8.36. The summed E-state index contributed by atoms with van der Waals surface area (Å²) in [7, 11) is 0. The van der Waals surface area contributed by atoms with E-state index in [4.69, 9.17) is 16.3 Å². The second kappa shape index (κ2) is 9.01. The number of hydrogen-bond donors (Lipinski definition) is 2. The molecule has 0 aliphatic heterocycles. The standard InChI is InChI=1S/C21H16ClFN2O3/c22-14-9-11-15(12-10-14)24-21(27)16-5-1-4-8-19(16)28-13-20(26)25-18-7-3-2-6-17(18)23/h1-12H,13H2,(H,24,27)(H,25,26). The van der Waals surface area contributed by atoms with E-state index in [0.29, 0.717) is 10.7 Å². The quantitative estimate of drug-likeness (QED) is 0.629. The Hall–Kier alpha value is -3.38. The Labute approximate surface area is 166 Å². The van der Waals surface area contributed by atoms with Gasteiger partial charge < -0.3 is 15.4 Å². The van der Waals surface area contributed by atoms with Crippen LogP contribution in [-0.2, 0) is 4.79 Å². The lowest BCUT2D eigenvalue weighted by atomic mass is 10.2. The Balaban J connectivity index is 1.65. The number of amides is 2. The molecule has 0 aromatic heterocycles. The first-order valence-corrected chi connectivity index (χ1v) is 8.74. The maximum absolute atomic E-state index is 13.6. The lowest BCUT2D eigenvalue weighted by Crippen LogP contribution is -2.22. The Morgan fingerprint density at radius 2 is 1.57 bits per heavy atom. The van der Waals surface area contributed by atoms with Gasteiger partial charge in [0.05, 0.1) is 11.3 Å². The summed E-state index contributed by atoms with van der Waals surface area (Å²) in [5, 5.41) is 5.71. The summed E-state index contributed by atoms with van der Waals surface area (Å²) < 4.78 is 19.1. The normalized spacial score (nSPS) is 10.2. The van der Waals surface area contributed by atoms with Crippen LogP contribution in [0.3, 0.4) is 0 Å². The van der Waals surface area contributed by atoms with E-state index in [1.165, 1.54) is 18.2 Å². The molecule has 0 saturated carbocycles. The van der Waals surface area contributed by atoms with E-state index in [2.05, 4.69) is 10.6 Å². The Morgan fingerprint density at radius 3 is 2.32 bits per heavy atom. The third kappa shape index (κ3) is 5.08. The smallest absolute Gasteiger partial charge is 0.262 e. The number of anilines is 2. The van der Waals surface area contributed by atoms with Gasteiger partial charge in [-0.05, 0) is 48.5 Å². The van der Waals surface area contributed by atoms with Crippen molar-refractivity contribution in [2.45, 2.75) is 0 Å². The molecule has 0 radical (unpaired) electrons. The number of carbonyl (C=O) groups is 2. The highest BCUT2D eigenvalue weighted by Gasteiger charge is 2.14. The lowest BCUT2D eigenvalue weighted by molar-refractivity contribution is -0.118. The molecule has 2 amide bonds. The molecule has 0 atom stereocenters. The molecule has 0 unspecified atom stereocenters. The van der Waals surface area contributed by atoms with E-state index in [0.717, 1.165) is 0 Å². The SMILES string of the molecule is O=C(COc1ccccc1C(=O)Nc1ccc(Cl)cc1)Nc1ccccc1F. The third-order valence-corrected chi connectivity index (χ3v) is 3.99. The van der Waals surface area contributed by atoms with Crippen LogP contribution in [0.2, 0.25) is 5.02 Å². The van der Waals surface area contributed by atoms with Crippen LogP contribution in [0, 0.1) is 5.82 Å². The third-order valence-electron chi connectivity index (χ3n) is 3.74. The molecule has 28 heavy (non-hydrogen) atoms. The van der Waals surface area contributed by atoms with Gasteiger partial charge in [-0.2, -0.15) is 0 Å². The molecule has 142 valence electrons. The van der Waals surface area contributed by atoms with Gasteiger partial charge in [-0.3, -0.25) is 9.59 Å². The summed E-state index contributed by atoms with van der Waals surface area (Å²) >= 11 is 5.84. The van der Waals surface area contributed by atoms with Crippen molar-refractivity contribution < 1.29 is 18.7 Å². The minimum absolute atomic E-state index is 0.0601. The number of nitrogens with one attached hydrogen (secondary N) is 2. The molecular weight excluding hydrogens is 383 g/mol. The van der Waals surface area contributed by atoms with Gasteiger partial charge in [0.15, 0.2) is 6.61 Å². The molecule has 2 N–H and O–H groups in total. The number of ether oxygens (including phenoxy) is 1. The highest BCUT2D eigenvalue weighted by Crippen LogP contribution is 2.21. The van der Waals surface area contributed by atoms with Crippen LogP contribution in [0.25, 0.3) is 0 Å². The van der Waals surface area contributed by atoms with Gasteiger partial charge in [-0.25, -0.2) is 4.39 Å². The van der Waals surface area contributed by atoms with Crippen LogP contribution in [0.5, 0.6) is 5.75 Å². The molecule has 3 aromatic rings. The summed E-state index contributed by atoms with van der Waals surface area (Å²) in [6.07, 6.45) is 0. The average molecular weight is 399 g/mol. The zero-order valence-corrected chi connectivity index (χ0v) is 15.4. The van der Waals surface area contributed by atoms with Crippen molar-refractivity contribution in [1.29, 1.82) is 0 Å². The predicted molar refractivity (Wildman–Crippen MR) is 106 cm³/mol. The molecule has 0 bridgehead atoms. The Bertz CT molecular complexity index is 993. The van der Waals surface area contributed by atoms with E-state index in [-0.39, 0.29) is 23.6 Å². The number of benzene rings is 3. The fourth-order valence-corrected chi connectivity index (χ4v) is 2.53. The molecule has 3 aromatic carbocycles. The zero-order chi connectivity index (χ0) is 19.9. The topological polar surface area (TPSA) is 67.4 Å². The number of halogens is 2. The first-order chi connectivity index (χ1) is 13.5. The number of rotatable bonds is 6. The van der Waals surface area contributed by atoms with Gasteiger partial charge in [0.2, 0.25) is 0 Å². The van der Waals surface area contributed by atoms with Crippen molar-refractivity contribution in [2.24, 2.45) is 0 Å². The van der Waals surface area contributed by atoms with Crippen molar-refractivity contribution >= 4 is 34.8 Å². The van der Waals surface area contributed by atoms with E-state index in [1.807, 2.05) is 0 Å². The fourth-order valence-electron chi connectivity index (χ4n) is 2.40. The van der Waals surface area contributed by atoms with Crippen molar-refractivity contribution in [1.82, 2.24) is 0 Å². The van der Waals surface area contributed by atoms with Gasteiger partial charge in [0, 0.05) is 10.7 Å². The molecule has 7 heteroatoms. The highest BCUT2D eigenvalue weighted by molar-refractivity contribution is 6.30. The maximum atomic E-state index is 13.6. The second-order valence-electron chi connectivity index (χ2n) is 5.77. The van der Waals surface area contributed by atoms with E-state index in [9.17, 15) is 14.0 Å². The number of para-hydroxylation sites is 2. The summed E-state index contributed by atoms with van der Waals surface area (Å²) in [5.41, 5.74) is 0.891. The lowest BCUT2D eigenvalue weighted by Gasteiger charge is -2.12. The van der Waals surface area contributed by atoms with E-state index >= 15 is 0 Å². The van der Waals surface area contributed by atoms with Gasteiger partial charge >= 0.3 is 0 Å². The summed E-state index contributed by atoms with van der Waals surface area (Å²) in [6, 6.07) is 19.0. The van der Waals surface area contributed by atoms with Gasteiger partial charge in [-0.15, -0.1) is 0 Å². The van der Waals surface area contributed by atoms with Crippen molar-refractivity contribution in [3.63, 3.8) is 0 Å². The van der Waals surface area contributed by atoms with Gasteiger partial charge in [0.25, 0.3) is 11.8 Å². The maximum Gasteiger partial charge on any atom is 0.262 e. The summed E-state index contributed by atoms with van der Waals surface area (Å²) in [5.74, 6) is -1.25. The van der Waals surface area contributed by atoms with Crippen LogP contribution >= 0.6 is 11.6 Å². The van der Waals surface area contributed by atoms with Crippen molar-refractivity contribution in [3.8, 4) is 5.75 Å². The van der Waals surface area contributed by atoms with Crippen LogP contribution in [0.1, 0.15) is 10.4 Å². The molecule has 5 nitrogen and oxygen atoms in total. The molecule has 0 heterocycles. The van der Waals surface area contributed by atoms with Crippen LogP contribution in [0.4, 0.5) is 15.8 Å². The van der Waals surface area contributed by atoms with Crippen LogP contribution < -0.4 is 15.4 Å². The summed E-state index contributed by atoms with van der Waals surface area (Å²) in [6.45, 7) is -0.375. The van der Waals surface area contributed by atoms with E-state index in [1.54, 1.807) is 54.6 Å². The van der Waals surface area contributed by atoms with Crippen LogP contribution in [-0.4, -0.2) is 18.4 Å². The second-order valence-corrected chi connectivity index (χ2v) is 6.21. The van der Waals surface area contributed by atoms with E-state index < -0.39 is 17.6 Å². The van der Waals surface area contributed by atoms with Gasteiger partial charge in [-0.1, -0.05) is 35.9 Å². The molecular formula is C21H16ClFN2O3. The molecule has 3 rings (SSSR count). The average Bonchev–Trinajstić information content (AvgIpc) is 2.70. The highest BCUT2D eigenvalue weighted by atomic mass is 35.5. The van der Waals surface area contributed by atoms with Crippen LogP contribution in [0.15, 0.2) is 72.8 Å². The predicted octanol–water partition coefficient (Wildman–Crippen LogP) is 4.75. The van der Waals surface area contributed by atoms with Crippen molar-refractivity contribution in [2.75, 3.05) is 17.2 Å². The fraction of sp³-hybridized carbons (Fsp3) is 0.0476. The van der Waals surface area contributed by atoms with Gasteiger partial charge in [0.1, 0.15) is 11.6 Å². The zero-order valence-electron chi connectivity index (χ0n) is 14.6.